The van der Waals surface area contributed by atoms with Crippen LogP contribution in [0.15, 0.2) is 18.2 Å². The maximum absolute atomic E-state index is 8.88. The minimum absolute atomic E-state index is 0.511. The molecule has 1 rings (SSSR count). The normalized spacial score (nSPS) is 10.6. The molecule has 0 heterocycles. The molecule has 0 saturated carbocycles. The van der Waals surface area contributed by atoms with Crippen LogP contribution in [-0.4, -0.2) is 11.7 Å². The molecule has 14 heavy (non-hydrogen) atoms. The van der Waals surface area contributed by atoms with Crippen LogP contribution in [0.1, 0.15) is 25.0 Å². The van der Waals surface area contributed by atoms with Gasteiger partial charge in [-0.2, -0.15) is 0 Å². The smallest absolute Gasteiger partial charge is 0.119 e. The third-order valence-corrected chi connectivity index (χ3v) is 1.81. The number of hydrogen-bond donors (Lipinski definition) is 1. The second kappa shape index (κ2) is 5.01. The third-order valence-electron chi connectivity index (χ3n) is 1.81. The van der Waals surface area contributed by atoms with Crippen molar-refractivity contribution >= 4 is 0 Å². The van der Waals surface area contributed by atoms with E-state index in [9.17, 15) is 0 Å². The van der Waals surface area contributed by atoms with Gasteiger partial charge in [-0.05, 0) is 36.1 Å². The van der Waals surface area contributed by atoms with Crippen LogP contribution in [0.25, 0.3) is 0 Å². The molecule has 0 aliphatic carbocycles. The van der Waals surface area contributed by atoms with E-state index in [0.29, 0.717) is 12.5 Å². The Kier molecular flexibility index (Phi) is 3.96. The SMILES string of the molecule is Cc1cc([CH]O)cc(OCC(C)C)c1. The average molecular weight is 193 g/mol. The maximum atomic E-state index is 8.88. The van der Waals surface area contributed by atoms with Crippen molar-refractivity contribution in [2.45, 2.75) is 20.8 Å². The van der Waals surface area contributed by atoms with Crippen LogP contribution in [0, 0.1) is 19.4 Å². The van der Waals surface area contributed by atoms with Crippen molar-refractivity contribution in [3.63, 3.8) is 0 Å². The van der Waals surface area contributed by atoms with E-state index in [0.717, 1.165) is 23.5 Å². The van der Waals surface area contributed by atoms with Gasteiger partial charge in [-0.3, -0.25) is 0 Å². The topological polar surface area (TPSA) is 29.5 Å². The molecule has 0 aliphatic rings. The Hall–Kier alpha value is -1.02. The van der Waals surface area contributed by atoms with E-state index < -0.39 is 0 Å². The van der Waals surface area contributed by atoms with Crippen molar-refractivity contribution < 1.29 is 9.84 Å². The largest absolute Gasteiger partial charge is 0.493 e. The molecule has 1 aromatic rings. The maximum Gasteiger partial charge on any atom is 0.119 e. The van der Waals surface area contributed by atoms with E-state index in [1.54, 1.807) is 0 Å². The summed E-state index contributed by atoms with van der Waals surface area (Å²) in [6, 6.07) is 5.70. The Labute approximate surface area is 85.5 Å². The highest BCUT2D eigenvalue weighted by Gasteiger charge is 2.00. The molecule has 1 N–H and O–H groups in total. The molecule has 0 fully saturated rings. The minimum atomic E-state index is 0.511. The summed E-state index contributed by atoms with van der Waals surface area (Å²) in [5.74, 6) is 1.33. The lowest BCUT2D eigenvalue weighted by atomic mass is 10.1. The first kappa shape index (κ1) is 11.1. The van der Waals surface area contributed by atoms with Crippen molar-refractivity contribution in [3.8, 4) is 5.75 Å². The molecule has 2 heteroatoms. The van der Waals surface area contributed by atoms with Gasteiger partial charge in [0.05, 0.1) is 6.61 Å². The fraction of sp³-hybridized carbons (Fsp3) is 0.417. The van der Waals surface area contributed by atoms with Gasteiger partial charge in [-0.1, -0.05) is 19.9 Å². The molecule has 0 saturated heterocycles. The molecule has 0 bridgehead atoms. The lowest BCUT2D eigenvalue weighted by Gasteiger charge is -2.10. The number of aryl methyl sites for hydroxylation is 1. The van der Waals surface area contributed by atoms with Gasteiger partial charge in [0.2, 0.25) is 0 Å². The van der Waals surface area contributed by atoms with Crippen molar-refractivity contribution in [1.82, 2.24) is 0 Å². The molecular weight excluding hydrogens is 176 g/mol. The van der Waals surface area contributed by atoms with Gasteiger partial charge in [-0.25, -0.2) is 0 Å². The van der Waals surface area contributed by atoms with Gasteiger partial charge in [0.15, 0.2) is 0 Å². The van der Waals surface area contributed by atoms with E-state index in [2.05, 4.69) is 13.8 Å². The first-order valence-electron chi connectivity index (χ1n) is 4.83. The highest BCUT2D eigenvalue weighted by atomic mass is 16.5. The summed E-state index contributed by atoms with van der Waals surface area (Å²) in [7, 11) is 0. The quantitative estimate of drug-likeness (QED) is 0.796. The lowest BCUT2D eigenvalue weighted by Crippen LogP contribution is -2.04. The van der Waals surface area contributed by atoms with Crippen LogP contribution < -0.4 is 4.74 Å². The number of rotatable bonds is 4. The summed E-state index contributed by atoms with van der Waals surface area (Å²) >= 11 is 0. The summed E-state index contributed by atoms with van der Waals surface area (Å²) in [6.07, 6.45) is 0. The zero-order chi connectivity index (χ0) is 10.6. The van der Waals surface area contributed by atoms with Crippen LogP contribution in [0.5, 0.6) is 5.75 Å². The standard InChI is InChI=1S/C12H17O2/c1-9(2)8-14-12-5-10(3)4-11(6-12)7-13/h4-7,9,13H,8H2,1-3H3. The van der Waals surface area contributed by atoms with E-state index in [1.807, 2.05) is 25.1 Å². The number of ether oxygens (including phenoxy) is 1. The van der Waals surface area contributed by atoms with Crippen molar-refractivity contribution in [2.75, 3.05) is 6.61 Å². The summed E-state index contributed by atoms with van der Waals surface area (Å²) < 4.78 is 5.56. The lowest BCUT2D eigenvalue weighted by molar-refractivity contribution is 0.270. The predicted molar refractivity (Wildman–Crippen MR) is 56.8 cm³/mol. The molecule has 0 spiro atoms. The molecule has 1 aromatic carbocycles. The second-order valence-corrected chi connectivity index (χ2v) is 3.91. The summed E-state index contributed by atoms with van der Waals surface area (Å²) in [6.45, 7) is 7.99. The van der Waals surface area contributed by atoms with Gasteiger partial charge < -0.3 is 9.84 Å². The fourth-order valence-electron chi connectivity index (χ4n) is 1.20. The zero-order valence-corrected chi connectivity index (χ0v) is 8.95. The van der Waals surface area contributed by atoms with Gasteiger partial charge in [0.1, 0.15) is 12.4 Å². The Morgan fingerprint density at radius 2 is 2.07 bits per heavy atom. The van der Waals surface area contributed by atoms with Gasteiger partial charge >= 0.3 is 0 Å². The second-order valence-electron chi connectivity index (χ2n) is 3.91. The van der Waals surface area contributed by atoms with Gasteiger partial charge in [0, 0.05) is 0 Å². The third kappa shape index (κ3) is 3.38. The Balaban J connectivity index is 2.71. The van der Waals surface area contributed by atoms with Crippen LogP contribution in [0.4, 0.5) is 0 Å². The first-order chi connectivity index (χ1) is 6.61. The van der Waals surface area contributed by atoms with Gasteiger partial charge in [-0.15, -0.1) is 0 Å². The highest BCUT2D eigenvalue weighted by molar-refractivity contribution is 5.36. The predicted octanol–water partition coefficient (Wildman–Crippen LogP) is 2.91. The number of benzene rings is 1. The minimum Gasteiger partial charge on any atom is -0.493 e. The van der Waals surface area contributed by atoms with Crippen LogP contribution in [0.3, 0.4) is 0 Å². The number of hydrogen-bond acceptors (Lipinski definition) is 2. The summed E-state index contributed by atoms with van der Waals surface area (Å²) in [4.78, 5) is 0. The zero-order valence-electron chi connectivity index (χ0n) is 8.95. The molecule has 2 nitrogen and oxygen atoms in total. The molecular formula is C12H17O2. The van der Waals surface area contributed by atoms with Crippen LogP contribution >= 0.6 is 0 Å². The first-order valence-corrected chi connectivity index (χ1v) is 4.83. The Morgan fingerprint density at radius 3 is 2.64 bits per heavy atom. The average Bonchev–Trinajstić information content (AvgIpc) is 2.14. The van der Waals surface area contributed by atoms with E-state index in [1.165, 1.54) is 0 Å². The molecule has 1 radical (unpaired) electrons. The number of aliphatic hydroxyl groups is 1. The fourth-order valence-corrected chi connectivity index (χ4v) is 1.20. The van der Waals surface area contributed by atoms with Crippen molar-refractivity contribution in [2.24, 2.45) is 5.92 Å². The van der Waals surface area contributed by atoms with Crippen LogP contribution in [-0.2, 0) is 0 Å². The summed E-state index contributed by atoms with van der Waals surface area (Å²) in [5.41, 5.74) is 1.87. The summed E-state index contributed by atoms with van der Waals surface area (Å²) in [5, 5.41) is 8.88. The Bertz CT molecular complexity index is 292. The van der Waals surface area contributed by atoms with E-state index >= 15 is 0 Å². The molecule has 0 amide bonds. The van der Waals surface area contributed by atoms with E-state index in [4.69, 9.17) is 9.84 Å². The molecule has 0 atom stereocenters. The highest BCUT2D eigenvalue weighted by Crippen LogP contribution is 2.18. The molecule has 0 aliphatic heterocycles. The molecule has 0 unspecified atom stereocenters. The van der Waals surface area contributed by atoms with Gasteiger partial charge in [0.25, 0.3) is 0 Å². The van der Waals surface area contributed by atoms with Crippen molar-refractivity contribution in [1.29, 1.82) is 0 Å². The van der Waals surface area contributed by atoms with Crippen molar-refractivity contribution in [3.05, 3.63) is 35.9 Å². The Morgan fingerprint density at radius 1 is 1.36 bits per heavy atom. The van der Waals surface area contributed by atoms with Crippen LogP contribution in [0.2, 0.25) is 0 Å². The van der Waals surface area contributed by atoms with E-state index in [-0.39, 0.29) is 0 Å². The monoisotopic (exact) mass is 193 g/mol. The molecule has 77 valence electrons. The molecule has 0 aromatic heterocycles. The number of aliphatic hydroxyl groups excluding tert-OH is 1.